The van der Waals surface area contributed by atoms with Crippen molar-refractivity contribution in [3.8, 4) is 5.75 Å². The topological polar surface area (TPSA) is 102 Å². The molecule has 2 aromatic rings. The van der Waals surface area contributed by atoms with Gasteiger partial charge in [-0.15, -0.1) is 0 Å². The molecule has 2 heterocycles. The molecule has 8 nitrogen and oxygen atoms in total. The van der Waals surface area contributed by atoms with Gasteiger partial charge in [-0.2, -0.15) is 0 Å². The number of aromatic nitrogens is 2. The van der Waals surface area contributed by atoms with Gasteiger partial charge < -0.3 is 10.1 Å². The van der Waals surface area contributed by atoms with Gasteiger partial charge in [0, 0.05) is 12.0 Å². The zero-order chi connectivity index (χ0) is 28.8. The van der Waals surface area contributed by atoms with E-state index in [1.165, 1.54) is 62.4 Å². The third-order valence-corrected chi connectivity index (χ3v) is 10.3. The van der Waals surface area contributed by atoms with Gasteiger partial charge in [-0.05, 0) is 100 Å². The summed E-state index contributed by atoms with van der Waals surface area (Å²) in [5, 5.41) is 6.79. The van der Waals surface area contributed by atoms with Gasteiger partial charge in [-0.25, -0.2) is 4.98 Å². The van der Waals surface area contributed by atoms with Crippen LogP contribution in [0, 0.1) is 23.7 Å². The first-order valence-electron chi connectivity index (χ1n) is 15.8. The normalized spacial score (nSPS) is 32.5. The van der Waals surface area contributed by atoms with E-state index in [4.69, 9.17) is 4.74 Å². The van der Waals surface area contributed by atoms with Crippen molar-refractivity contribution >= 4 is 22.7 Å². The summed E-state index contributed by atoms with van der Waals surface area (Å²) in [6.45, 7) is 8.45. The quantitative estimate of drug-likeness (QED) is 0.283. The summed E-state index contributed by atoms with van der Waals surface area (Å²) in [5.41, 5.74) is 1.76. The number of nitrogens with zero attached hydrogens (tertiary/aromatic N) is 2. The monoisotopic (exact) mass is 562 g/mol. The zero-order valence-electron chi connectivity index (χ0n) is 25.0. The van der Waals surface area contributed by atoms with Gasteiger partial charge in [-0.1, -0.05) is 39.2 Å². The number of amides is 2. The van der Waals surface area contributed by atoms with E-state index in [2.05, 4.69) is 29.5 Å². The van der Waals surface area contributed by atoms with E-state index < -0.39 is 11.9 Å². The average molecular weight is 563 g/mol. The molecule has 0 spiro atoms. The summed E-state index contributed by atoms with van der Waals surface area (Å²) < 4.78 is 7.50. The number of carbonyl (C=O) groups is 2. The Labute approximate surface area is 243 Å². The number of unbranched alkanes of at least 4 members (excludes halogenated alkanes) is 4. The molecule has 4 aliphatic carbocycles. The highest BCUT2D eigenvalue weighted by Gasteiger charge is 2.59. The van der Waals surface area contributed by atoms with Crippen molar-refractivity contribution in [1.82, 2.24) is 20.2 Å². The first-order chi connectivity index (χ1) is 19.6. The lowest BCUT2D eigenvalue weighted by Crippen LogP contribution is -2.64. The number of hydrogen-bond acceptors (Lipinski definition) is 6. The Kier molecular flexibility index (Phi) is 7.50. The summed E-state index contributed by atoms with van der Waals surface area (Å²) in [7, 11) is 0. The van der Waals surface area contributed by atoms with Crippen molar-refractivity contribution in [1.29, 1.82) is 0 Å². The molecule has 222 valence electrons. The van der Waals surface area contributed by atoms with Crippen LogP contribution in [0.2, 0.25) is 0 Å². The molecule has 2 amide bonds. The van der Waals surface area contributed by atoms with Crippen LogP contribution in [0.25, 0.3) is 10.9 Å². The second-order valence-electron chi connectivity index (χ2n) is 14.4. The van der Waals surface area contributed by atoms with Crippen LogP contribution in [0.4, 0.5) is 0 Å². The number of piperidine rings is 1. The van der Waals surface area contributed by atoms with Gasteiger partial charge in [0.15, 0.2) is 0 Å². The van der Waals surface area contributed by atoms with E-state index in [-0.39, 0.29) is 24.3 Å². The largest absolute Gasteiger partial charge is 0.493 e. The molecule has 0 unspecified atom stereocenters. The minimum Gasteiger partial charge on any atom is -0.493 e. The maximum atomic E-state index is 13.5. The molecule has 1 saturated heterocycles. The zero-order valence-corrected chi connectivity index (χ0v) is 25.0. The van der Waals surface area contributed by atoms with Crippen molar-refractivity contribution in [3.05, 3.63) is 34.4 Å². The second-order valence-corrected chi connectivity index (χ2v) is 14.4. The van der Waals surface area contributed by atoms with Crippen LogP contribution in [0.3, 0.4) is 0 Å². The number of carbonyl (C=O) groups excluding carboxylic acids is 2. The number of aryl methyl sites for hydroxylation is 1. The number of fused-ring (bicyclic) bond motifs is 1. The van der Waals surface area contributed by atoms with Gasteiger partial charge in [-0.3, -0.25) is 24.3 Å². The van der Waals surface area contributed by atoms with Crippen molar-refractivity contribution in [2.45, 2.75) is 116 Å². The first kappa shape index (κ1) is 28.4. The Morgan fingerprint density at radius 2 is 1.73 bits per heavy atom. The van der Waals surface area contributed by atoms with E-state index in [1.807, 2.05) is 6.07 Å². The van der Waals surface area contributed by atoms with Crippen molar-refractivity contribution in [2.24, 2.45) is 16.7 Å². The molecule has 1 aliphatic heterocycles. The highest BCUT2D eigenvalue weighted by atomic mass is 16.5. The van der Waals surface area contributed by atoms with Gasteiger partial charge >= 0.3 is 0 Å². The minimum atomic E-state index is -0.742. The molecular formula is C33H46N4O4. The lowest BCUT2D eigenvalue weighted by atomic mass is 9.43. The number of rotatable bonds is 11. The molecule has 4 saturated carbocycles. The van der Waals surface area contributed by atoms with Crippen LogP contribution in [0.1, 0.15) is 109 Å². The maximum Gasteiger partial charge on any atom is 0.265 e. The lowest BCUT2D eigenvalue weighted by Gasteiger charge is -2.65. The van der Waals surface area contributed by atoms with Crippen LogP contribution in [-0.2, 0) is 9.59 Å². The number of nitrogens with one attached hydrogen (secondary N) is 2. The van der Waals surface area contributed by atoms with Crippen LogP contribution in [-0.4, -0.2) is 40.1 Å². The molecule has 41 heavy (non-hydrogen) atoms. The molecule has 3 atom stereocenters. The Morgan fingerprint density at radius 3 is 2.46 bits per heavy atom. The molecular weight excluding hydrogens is 516 g/mol. The third kappa shape index (κ3) is 5.69. The summed E-state index contributed by atoms with van der Waals surface area (Å²) >= 11 is 0. The molecule has 2 N–H and O–H groups in total. The smallest absolute Gasteiger partial charge is 0.265 e. The van der Waals surface area contributed by atoms with Crippen molar-refractivity contribution < 1.29 is 14.3 Å². The lowest BCUT2D eigenvalue weighted by molar-refractivity contribution is -0.135. The fraction of sp³-hybridized carbons (Fsp3) is 0.697. The molecule has 0 radical (unpaired) electrons. The number of benzene rings is 1. The van der Waals surface area contributed by atoms with Crippen LogP contribution >= 0.6 is 0 Å². The van der Waals surface area contributed by atoms with Gasteiger partial charge in [0.2, 0.25) is 11.8 Å². The Hall–Kier alpha value is -2.74. The highest BCUT2D eigenvalue weighted by molar-refractivity contribution is 5.99. The van der Waals surface area contributed by atoms with E-state index >= 15 is 0 Å². The van der Waals surface area contributed by atoms with Crippen LogP contribution < -0.4 is 20.9 Å². The van der Waals surface area contributed by atoms with E-state index in [1.54, 1.807) is 19.1 Å². The standard InChI is InChI=1S/C33H46N4O4/c1-22-35-24-10-9-11-26(28(24)30(40)37(22)25-12-13-27(38)36-29(25)39)41-15-8-6-4-5-7-14-34-33-18-23-16-31(2,20-33)19-32(3,17-23)21-33/h9-11,23,25,34H,4-8,12-21H2,1-3H3,(H,36,38,39)/t23?,25-,31+,32+,33?/m0/s1. The van der Waals surface area contributed by atoms with E-state index in [0.717, 1.165) is 25.3 Å². The summed E-state index contributed by atoms with van der Waals surface area (Å²) in [5.74, 6) is 1.12. The van der Waals surface area contributed by atoms with Crippen molar-refractivity contribution in [2.75, 3.05) is 13.2 Å². The fourth-order valence-electron chi connectivity index (χ4n) is 9.68. The summed E-state index contributed by atoms with van der Waals surface area (Å²) in [6.07, 6.45) is 14.5. The molecule has 8 heteroatoms. The molecule has 1 aromatic carbocycles. The van der Waals surface area contributed by atoms with Gasteiger partial charge in [0.1, 0.15) is 23.0 Å². The molecule has 5 aliphatic rings. The van der Waals surface area contributed by atoms with Crippen molar-refractivity contribution in [3.63, 3.8) is 0 Å². The van der Waals surface area contributed by atoms with Gasteiger partial charge in [0.05, 0.1) is 12.1 Å². The highest BCUT2D eigenvalue weighted by Crippen LogP contribution is 2.66. The first-order valence-corrected chi connectivity index (χ1v) is 15.8. The maximum absolute atomic E-state index is 13.5. The van der Waals surface area contributed by atoms with Crippen LogP contribution in [0.15, 0.2) is 23.0 Å². The molecule has 4 bridgehead atoms. The predicted octanol–water partition coefficient (Wildman–Crippen LogP) is 5.35. The predicted molar refractivity (Wildman–Crippen MR) is 159 cm³/mol. The summed E-state index contributed by atoms with van der Waals surface area (Å²) in [6, 6.07) is 4.70. The Balaban J connectivity index is 0.974. The molecule has 1 aromatic heterocycles. The SMILES string of the molecule is Cc1nc2cccc(OCCCCCCCNC34CC5C[C@@](C)(C3)C[C@@](C)(C5)C4)c2c(=O)n1[C@H]1CCC(=O)NC1=O. The molecule has 5 fully saturated rings. The minimum absolute atomic E-state index is 0.203. The van der Waals surface area contributed by atoms with Crippen LogP contribution in [0.5, 0.6) is 5.75 Å². The second kappa shape index (κ2) is 10.8. The number of imide groups is 1. The number of ether oxygens (including phenoxy) is 1. The Bertz CT molecular complexity index is 1380. The summed E-state index contributed by atoms with van der Waals surface area (Å²) in [4.78, 5) is 42.2. The molecule has 7 rings (SSSR count). The third-order valence-electron chi connectivity index (χ3n) is 10.3. The van der Waals surface area contributed by atoms with E-state index in [9.17, 15) is 14.4 Å². The fourth-order valence-corrected chi connectivity index (χ4v) is 9.68. The average Bonchev–Trinajstić information content (AvgIpc) is 2.86. The van der Waals surface area contributed by atoms with E-state index in [0.29, 0.717) is 45.5 Å². The van der Waals surface area contributed by atoms with Gasteiger partial charge in [0.25, 0.3) is 5.56 Å². The Morgan fingerprint density at radius 1 is 1.00 bits per heavy atom. The number of hydrogen-bond donors (Lipinski definition) is 2.